The van der Waals surface area contributed by atoms with E-state index in [-0.39, 0.29) is 29.3 Å². The van der Waals surface area contributed by atoms with Gasteiger partial charge in [0.2, 0.25) is 5.91 Å². The van der Waals surface area contributed by atoms with Crippen molar-refractivity contribution in [1.82, 2.24) is 5.32 Å². The van der Waals surface area contributed by atoms with Crippen molar-refractivity contribution < 1.29 is 14.7 Å². The molecule has 0 aliphatic heterocycles. The SMILES string of the molecule is CCOC1CC(NC(=O)C2(C(N)=NO)CCCC2)C1(C)C. The van der Waals surface area contributed by atoms with Gasteiger partial charge >= 0.3 is 0 Å². The molecular weight excluding hydrogens is 270 g/mol. The number of amidine groups is 1. The van der Waals surface area contributed by atoms with Crippen LogP contribution in [0.2, 0.25) is 0 Å². The second-order valence-electron chi connectivity index (χ2n) is 6.80. The number of rotatable bonds is 5. The molecule has 0 aromatic carbocycles. The van der Waals surface area contributed by atoms with Gasteiger partial charge in [0.1, 0.15) is 5.41 Å². The van der Waals surface area contributed by atoms with Crippen molar-refractivity contribution in [1.29, 1.82) is 0 Å². The summed E-state index contributed by atoms with van der Waals surface area (Å²) in [5.74, 6) is -0.0701. The molecule has 2 aliphatic rings. The van der Waals surface area contributed by atoms with Gasteiger partial charge < -0.3 is 21.0 Å². The Morgan fingerprint density at radius 1 is 1.43 bits per heavy atom. The summed E-state index contributed by atoms with van der Waals surface area (Å²) in [7, 11) is 0. The first-order valence-corrected chi connectivity index (χ1v) is 7.79. The maximum atomic E-state index is 12.7. The van der Waals surface area contributed by atoms with Crippen LogP contribution in [0.25, 0.3) is 0 Å². The minimum absolute atomic E-state index is 0.0380. The van der Waals surface area contributed by atoms with Crippen LogP contribution in [0.1, 0.15) is 52.9 Å². The molecule has 0 aromatic heterocycles. The third kappa shape index (κ3) is 2.61. The van der Waals surface area contributed by atoms with Gasteiger partial charge in [0, 0.05) is 18.1 Å². The van der Waals surface area contributed by atoms with E-state index in [4.69, 9.17) is 15.7 Å². The lowest BCUT2D eigenvalue weighted by Gasteiger charge is -2.52. The summed E-state index contributed by atoms with van der Waals surface area (Å²) in [6.45, 7) is 6.87. The molecule has 6 nitrogen and oxygen atoms in total. The van der Waals surface area contributed by atoms with E-state index in [1.807, 2.05) is 6.92 Å². The predicted octanol–water partition coefficient (Wildman–Crippen LogP) is 1.61. The van der Waals surface area contributed by atoms with Crippen molar-refractivity contribution in [3.05, 3.63) is 0 Å². The first-order chi connectivity index (χ1) is 9.88. The Morgan fingerprint density at radius 2 is 2.05 bits per heavy atom. The van der Waals surface area contributed by atoms with Crippen LogP contribution >= 0.6 is 0 Å². The molecule has 0 heterocycles. The van der Waals surface area contributed by atoms with Crippen molar-refractivity contribution in [3.63, 3.8) is 0 Å². The van der Waals surface area contributed by atoms with E-state index in [1.165, 1.54) is 0 Å². The summed E-state index contributed by atoms with van der Waals surface area (Å²) in [6.07, 6.45) is 4.15. The lowest BCUT2D eigenvalue weighted by molar-refractivity contribution is -0.141. The Balaban J connectivity index is 2.05. The molecule has 2 aliphatic carbocycles. The second-order valence-corrected chi connectivity index (χ2v) is 6.80. The molecule has 21 heavy (non-hydrogen) atoms. The van der Waals surface area contributed by atoms with Crippen LogP contribution in [-0.2, 0) is 9.53 Å². The van der Waals surface area contributed by atoms with Crippen LogP contribution in [0.4, 0.5) is 0 Å². The largest absolute Gasteiger partial charge is 0.409 e. The second kappa shape index (κ2) is 5.83. The quantitative estimate of drug-likeness (QED) is 0.311. The molecule has 120 valence electrons. The highest BCUT2D eigenvalue weighted by molar-refractivity contribution is 6.07. The standard InChI is InChI=1S/C15H27N3O3/c1-4-21-11-9-10(14(11,2)3)17-13(19)15(12(16)18-20)7-5-6-8-15/h10-11,20H,4-9H2,1-3H3,(H2,16,18)(H,17,19). The number of hydrogen-bond donors (Lipinski definition) is 3. The number of oxime groups is 1. The summed E-state index contributed by atoms with van der Waals surface area (Å²) in [4.78, 5) is 12.7. The fourth-order valence-electron chi connectivity index (χ4n) is 3.58. The van der Waals surface area contributed by atoms with Gasteiger partial charge in [-0.1, -0.05) is 31.8 Å². The number of nitrogens with one attached hydrogen (secondary N) is 1. The van der Waals surface area contributed by atoms with E-state index in [2.05, 4.69) is 24.3 Å². The van der Waals surface area contributed by atoms with E-state index >= 15 is 0 Å². The zero-order valence-electron chi connectivity index (χ0n) is 13.2. The molecule has 2 rings (SSSR count). The van der Waals surface area contributed by atoms with Crippen LogP contribution < -0.4 is 11.1 Å². The van der Waals surface area contributed by atoms with Gasteiger partial charge in [0.05, 0.1) is 6.10 Å². The molecule has 0 bridgehead atoms. The average molecular weight is 297 g/mol. The molecule has 0 saturated heterocycles. The zero-order chi connectivity index (χ0) is 15.7. The van der Waals surface area contributed by atoms with Gasteiger partial charge in [-0.3, -0.25) is 4.79 Å². The van der Waals surface area contributed by atoms with Crippen LogP contribution in [-0.4, -0.2) is 35.7 Å². The Labute approximate surface area is 126 Å². The van der Waals surface area contributed by atoms with Crippen molar-refractivity contribution in [3.8, 4) is 0 Å². The molecule has 1 amide bonds. The number of amides is 1. The topological polar surface area (TPSA) is 96.9 Å². The fourth-order valence-corrected chi connectivity index (χ4v) is 3.58. The molecule has 2 unspecified atom stereocenters. The third-order valence-electron chi connectivity index (χ3n) is 5.34. The molecule has 0 spiro atoms. The highest BCUT2D eigenvalue weighted by Gasteiger charge is 2.53. The van der Waals surface area contributed by atoms with Crippen LogP contribution in [0.5, 0.6) is 0 Å². The van der Waals surface area contributed by atoms with E-state index < -0.39 is 5.41 Å². The van der Waals surface area contributed by atoms with Crippen LogP contribution in [0, 0.1) is 10.8 Å². The average Bonchev–Trinajstić information content (AvgIpc) is 2.96. The van der Waals surface area contributed by atoms with Crippen molar-refractivity contribution >= 4 is 11.7 Å². The highest BCUT2D eigenvalue weighted by atomic mass is 16.5. The summed E-state index contributed by atoms with van der Waals surface area (Å²) in [5.41, 5.74) is 4.89. The van der Waals surface area contributed by atoms with Gasteiger partial charge in [-0.05, 0) is 26.2 Å². The highest BCUT2D eigenvalue weighted by Crippen LogP contribution is 2.44. The zero-order valence-corrected chi connectivity index (χ0v) is 13.2. The van der Waals surface area contributed by atoms with E-state index in [1.54, 1.807) is 0 Å². The summed E-state index contributed by atoms with van der Waals surface area (Å²) < 4.78 is 5.68. The van der Waals surface area contributed by atoms with Crippen molar-refractivity contribution in [2.24, 2.45) is 21.7 Å². The van der Waals surface area contributed by atoms with Crippen LogP contribution in [0.3, 0.4) is 0 Å². The number of carbonyl (C=O) groups is 1. The monoisotopic (exact) mass is 297 g/mol. The smallest absolute Gasteiger partial charge is 0.234 e. The summed E-state index contributed by atoms with van der Waals surface area (Å²) in [5, 5.41) is 15.2. The molecule has 2 atom stereocenters. The minimum Gasteiger partial charge on any atom is -0.409 e. The lowest BCUT2D eigenvalue weighted by atomic mass is 9.64. The third-order valence-corrected chi connectivity index (χ3v) is 5.34. The Kier molecular flexibility index (Phi) is 4.46. The fraction of sp³-hybridized carbons (Fsp3) is 0.867. The molecule has 2 fully saturated rings. The van der Waals surface area contributed by atoms with Gasteiger partial charge in [-0.25, -0.2) is 0 Å². The molecule has 2 saturated carbocycles. The molecule has 0 aromatic rings. The molecule has 0 radical (unpaired) electrons. The Hall–Kier alpha value is -1.30. The van der Waals surface area contributed by atoms with Crippen molar-refractivity contribution in [2.45, 2.75) is 65.0 Å². The first kappa shape index (κ1) is 16.1. The molecular formula is C15H27N3O3. The lowest BCUT2D eigenvalue weighted by Crippen LogP contribution is -2.64. The van der Waals surface area contributed by atoms with Gasteiger partial charge in [0.15, 0.2) is 5.84 Å². The Morgan fingerprint density at radius 3 is 2.52 bits per heavy atom. The number of carbonyl (C=O) groups excluding carboxylic acids is 1. The van der Waals surface area contributed by atoms with Gasteiger partial charge in [0.25, 0.3) is 0 Å². The van der Waals surface area contributed by atoms with E-state index in [0.29, 0.717) is 19.4 Å². The van der Waals surface area contributed by atoms with Crippen LogP contribution in [0.15, 0.2) is 5.16 Å². The van der Waals surface area contributed by atoms with E-state index in [9.17, 15) is 4.79 Å². The molecule has 6 heteroatoms. The van der Waals surface area contributed by atoms with Crippen molar-refractivity contribution in [2.75, 3.05) is 6.61 Å². The maximum absolute atomic E-state index is 12.7. The predicted molar refractivity (Wildman–Crippen MR) is 80.1 cm³/mol. The number of nitrogens with two attached hydrogens (primary N) is 1. The first-order valence-electron chi connectivity index (χ1n) is 7.79. The number of ether oxygens (including phenoxy) is 1. The minimum atomic E-state index is -0.832. The summed E-state index contributed by atoms with van der Waals surface area (Å²) in [6, 6.07) is 0.0746. The molecule has 4 N–H and O–H groups in total. The van der Waals surface area contributed by atoms with E-state index in [0.717, 1.165) is 19.3 Å². The van der Waals surface area contributed by atoms with Gasteiger partial charge in [-0.2, -0.15) is 0 Å². The maximum Gasteiger partial charge on any atom is 0.234 e. The van der Waals surface area contributed by atoms with Gasteiger partial charge in [-0.15, -0.1) is 0 Å². The Bertz CT molecular complexity index is 428. The summed E-state index contributed by atoms with van der Waals surface area (Å²) >= 11 is 0. The number of nitrogens with zero attached hydrogens (tertiary/aromatic N) is 1. The number of hydrogen-bond acceptors (Lipinski definition) is 4. The normalized spacial score (nSPS) is 30.7.